The van der Waals surface area contributed by atoms with E-state index in [0.717, 1.165) is 29.4 Å². The fraction of sp³-hybridized carbons (Fsp3) is 0.458. The Hall–Kier alpha value is -1.78. The highest BCUT2D eigenvalue weighted by molar-refractivity contribution is 7.80. The van der Waals surface area contributed by atoms with Crippen LogP contribution in [0.4, 0.5) is 5.69 Å². The Morgan fingerprint density at radius 2 is 1.89 bits per heavy atom. The quantitative estimate of drug-likeness (QED) is 0.305. The molecule has 0 radical (unpaired) electrons. The molecule has 3 rings (SSSR count). The van der Waals surface area contributed by atoms with Crippen molar-refractivity contribution in [3.63, 3.8) is 0 Å². The maximum absolute atomic E-state index is 4.35. The molecule has 2 heterocycles. The fourth-order valence-electron chi connectivity index (χ4n) is 4.05. The number of pyridine rings is 1. The van der Waals surface area contributed by atoms with Gasteiger partial charge in [-0.1, -0.05) is 12.1 Å². The zero-order chi connectivity index (χ0) is 20.0. The predicted molar refractivity (Wildman–Crippen MR) is 124 cm³/mol. The number of hydrogen-bond donors (Lipinski definition) is 1. The van der Waals surface area contributed by atoms with Crippen molar-refractivity contribution in [2.75, 3.05) is 44.4 Å². The van der Waals surface area contributed by atoms with Gasteiger partial charge in [-0.15, -0.1) is 0 Å². The van der Waals surface area contributed by atoms with Gasteiger partial charge >= 0.3 is 0 Å². The minimum atomic E-state index is 0.720. The lowest BCUT2D eigenvalue weighted by Crippen LogP contribution is -2.50. The molecule has 1 fully saturated rings. The number of unbranched alkanes of at least 4 members (excludes halogenated alkanes) is 1. The molecule has 1 aliphatic rings. The second-order valence-corrected chi connectivity index (χ2v) is 8.93. The van der Waals surface area contributed by atoms with Gasteiger partial charge in [0, 0.05) is 36.9 Å². The summed E-state index contributed by atoms with van der Waals surface area (Å²) in [6.07, 6.45) is 10.2. The van der Waals surface area contributed by atoms with Gasteiger partial charge in [-0.25, -0.2) is 4.57 Å². The van der Waals surface area contributed by atoms with E-state index in [4.69, 9.17) is 0 Å². The van der Waals surface area contributed by atoms with Gasteiger partial charge in [0.15, 0.2) is 6.20 Å². The average molecular weight is 398 g/mol. The molecule has 0 aliphatic carbocycles. The van der Waals surface area contributed by atoms with Crippen molar-refractivity contribution in [2.45, 2.75) is 25.3 Å². The number of benzene rings is 1. The van der Waals surface area contributed by atoms with E-state index in [9.17, 15) is 0 Å². The van der Waals surface area contributed by atoms with Crippen LogP contribution in [0.15, 0.2) is 48.7 Å². The number of quaternary nitrogens is 1. The normalized spacial score (nSPS) is 17.6. The third-order valence-corrected chi connectivity index (χ3v) is 6.41. The van der Waals surface area contributed by atoms with Crippen LogP contribution >= 0.6 is 12.6 Å². The SMILES string of the molecule is C[n+]1ccccc1/C=C/c1ccc(N2CCC([N+](C)(C)CCCCS)C2)cc1. The van der Waals surface area contributed by atoms with Gasteiger partial charge in [-0.05, 0) is 48.4 Å². The summed E-state index contributed by atoms with van der Waals surface area (Å²) in [6.45, 7) is 3.57. The van der Waals surface area contributed by atoms with E-state index in [-0.39, 0.29) is 0 Å². The van der Waals surface area contributed by atoms with Crippen LogP contribution in [0.1, 0.15) is 30.5 Å². The summed E-state index contributed by atoms with van der Waals surface area (Å²) in [5.41, 5.74) is 3.79. The van der Waals surface area contributed by atoms with Crippen LogP contribution in [0.5, 0.6) is 0 Å². The Morgan fingerprint density at radius 1 is 1.11 bits per heavy atom. The number of aryl methyl sites for hydroxylation is 1. The molecule has 150 valence electrons. The second kappa shape index (κ2) is 9.62. The van der Waals surface area contributed by atoms with E-state index in [1.807, 2.05) is 0 Å². The Kier molecular flexibility index (Phi) is 7.19. The van der Waals surface area contributed by atoms with Gasteiger partial charge in [0.1, 0.15) is 13.1 Å². The number of hydrogen-bond acceptors (Lipinski definition) is 2. The van der Waals surface area contributed by atoms with E-state index in [1.54, 1.807) is 0 Å². The molecule has 28 heavy (non-hydrogen) atoms. The highest BCUT2D eigenvalue weighted by atomic mass is 32.1. The molecule has 1 atom stereocenters. The molecule has 0 saturated carbocycles. The standard InChI is InChI=1S/C24H34N3S/c1-25-16-5-4-8-22(25)12-9-21-10-13-23(14-11-21)26-17-15-24(20-26)27(2,3)18-6-7-19-28/h4-5,8-14,16,24H,6-7,15,17-20H2,1-3H3/q+1/p+1. The Balaban J connectivity index is 1.59. The molecule has 3 nitrogen and oxygen atoms in total. The third-order valence-electron chi connectivity index (χ3n) is 6.09. The summed E-state index contributed by atoms with van der Waals surface area (Å²) in [5.74, 6) is 1.00. The lowest BCUT2D eigenvalue weighted by molar-refractivity contribution is -0.912. The minimum absolute atomic E-state index is 0.720. The number of thiol groups is 1. The van der Waals surface area contributed by atoms with Crippen LogP contribution in [0, 0.1) is 0 Å². The molecule has 0 spiro atoms. The molecule has 1 aliphatic heterocycles. The number of nitrogens with zero attached hydrogens (tertiary/aromatic N) is 3. The summed E-state index contributed by atoms with van der Waals surface area (Å²) >= 11 is 4.35. The number of rotatable bonds is 8. The third kappa shape index (κ3) is 5.39. The fourth-order valence-corrected chi connectivity index (χ4v) is 4.27. The lowest BCUT2D eigenvalue weighted by Gasteiger charge is -2.36. The average Bonchev–Trinajstić information content (AvgIpc) is 3.19. The smallest absolute Gasteiger partial charge is 0.204 e. The molecule has 4 heteroatoms. The topological polar surface area (TPSA) is 7.12 Å². The van der Waals surface area contributed by atoms with Gasteiger partial charge in [0.25, 0.3) is 0 Å². The van der Waals surface area contributed by atoms with E-state index in [2.05, 4.69) is 104 Å². The zero-order valence-corrected chi connectivity index (χ0v) is 18.5. The molecule has 1 saturated heterocycles. The van der Waals surface area contributed by atoms with Crippen molar-refractivity contribution in [2.24, 2.45) is 7.05 Å². The molecule has 2 aromatic rings. The number of aromatic nitrogens is 1. The van der Waals surface area contributed by atoms with Gasteiger partial charge in [-0.3, -0.25) is 0 Å². The van der Waals surface area contributed by atoms with Gasteiger partial charge in [0.05, 0.1) is 27.2 Å². The van der Waals surface area contributed by atoms with Gasteiger partial charge in [-0.2, -0.15) is 12.6 Å². The second-order valence-electron chi connectivity index (χ2n) is 8.48. The zero-order valence-electron chi connectivity index (χ0n) is 17.6. The monoisotopic (exact) mass is 397 g/mol. The Bertz CT molecular complexity index is 783. The van der Waals surface area contributed by atoms with Crippen molar-refractivity contribution in [1.82, 2.24) is 0 Å². The predicted octanol–water partition coefficient (Wildman–Crippen LogP) is 4.05. The van der Waals surface area contributed by atoms with Crippen LogP contribution in [0.2, 0.25) is 0 Å². The first-order chi connectivity index (χ1) is 13.5. The summed E-state index contributed by atoms with van der Waals surface area (Å²) in [6, 6.07) is 16.0. The molecular weight excluding hydrogens is 362 g/mol. The lowest BCUT2D eigenvalue weighted by atomic mass is 10.1. The molecule has 1 aromatic carbocycles. The van der Waals surface area contributed by atoms with Crippen molar-refractivity contribution < 1.29 is 9.05 Å². The summed E-state index contributed by atoms with van der Waals surface area (Å²) in [7, 11) is 6.86. The maximum atomic E-state index is 4.35. The maximum Gasteiger partial charge on any atom is 0.204 e. The van der Waals surface area contributed by atoms with Crippen LogP contribution in [-0.2, 0) is 7.05 Å². The van der Waals surface area contributed by atoms with Gasteiger partial charge < -0.3 is 9.38 Å². The van der Waals surface area contributed by atoms with E-state index < -0.39 is 0 Å². The highest BCUT2D eigenvalue weighted by Gasteiger charge is 2.34. The van der Waals surface area contributed by atoms with Crippen molar-refractivity contribution in [3.8, 4) is 0 Å². The number of likely N-dealkylation sites (N-methyl/N-ethyl adjacent to an activating group) is 1. The van der Waals surface area contributed by atoms with Crippen molar-refractivity contribution in [1.29, 1.82) is 0 Å². The van der Waals surface area contributed by atoms with E-state index in [1.165, 1.54) is 42.8 Å². The van der Waals surface area contributed by atoms with E-state index in [0.29, 0.717) is 0 Å². The molecule has 0 bridgehead atoms. The van der Waals surface area contributed by atoms with Gasteiger partial charge in [0.2, 0.25) is 5.69 Å². The van der Waals surface area contributed by atoms with E-state index >= 15 is 0 Å². The highest BCUT2D eigenvalue weighted by Crippen LogP contribution is 2.26. The first-order valence-electron chi connectivity index (χ1n) is 10.4. The van der Waals surface area contributed by atoms with Crippen LogP contribution in [-0.4, -0.2) is 50.0 Å². The molecule has 0 amide bonds. The van der Waals surface area contributed by atoms with Crippen LogP contribution in [0.3, 0.4) is 0 Å². The number of anilines is 1. The minimum Gasteiger partial charge on any atom is -0.365 e. The summed E-state index contributed by atoms with van der Waals surface area (Å²) in [4.78, 5) is 2.55. The first-order valence-corrected chi connectivity index (χ1v) is 11.0. The molecule has 1 aromatic heterocycles. The molecule has 1 unspecified atom stereocenters. The Labute approximate surface area is 176 Å². The summed E-state index contributed by atoms with van der Waals surface area (Å²) < 4.78 is 3.25. The van der Waals surface area contributed by atoms with Crippen molar-refractivity contribution >= 4 is 30.5 Å². The molecular formula is C24H35N3S+2. The first kappa shape index (κ1) is 20.9. The van der Waals surface area contributed by atoms with Crippen LogP contribution < -0.4 is 9.47 Å². The molecule has 0 N–H and O–H groups in total. The van der Waals surface area contributed by atoms with Crippen LogP contribution in [0.25, 0.3) is 12.2 Å². The Morgan fingerprint density at radius 3 is 2.61 bits per heavy atom. The summed E-state index contributed by atoms with van der Waals surface area (Å²) in [5, 5.41) is 0. The van der Waals surface area contributed by atoms with Crippen molar-refractivity contribution in [3.05, 3.63) is 59.9 Å². The largest absolute Gasteiger partial charge is 0.365 e.